The van der Waals surface area contributed by atoms with Gasteiger partial charge in [-0.2, -0.15) is 0 Å². The van der Waals surface area contributed by atoms with Gasteiger partial charge >= 0.3 is 11.9 Å². The highest BCUT2D eigenvalue weighted by molar-refractivity contribution is 7.92. The van der Waals surface area contributed by atoms with E-state index in [1.54, 1.807) is 12.3 Å². The molecule has 1 aliphatic rings. The normalized spacial score (nSPS) is 19.7. The SMILES string of the molecule is CC1(c2cccc(CCC(=O)O)c2)CCCCCS(=O)(=O)C(C(=O)O)Cc2c(c(F)cc3[nH]ccc23)Oc2ccc(F)c(c2)-c2ncc1[nH]2. The molecule has 5 aromatic rings. The number of nitrogens with zero attached hydrogens (tertiary/aromatic N) is 1. The lowest BCUT2D eigenvalue weighted by Crippen LogP contribution is -2.34. The van der Waals surface area contributed by atoms with Gasteiger partial charge in [0.1, 0.15) is 17.4 Å². The van der Waals surface area contributed by atoms with Gasteiger partial charge < -0.3 is 24.9 Å². The van der Waals surface area contributed by atoms with Gasteiger partial charge in [-0.15, -0.1) is 0 Å². The Balaban J connectivity index is 1.47. The quantitative estimate of drug-likeness (QED) is 0.154. The molecule has 0 aliphatic carbocycles. The summed E-state index contributed by atoms with van der Waals surface area (Å²) in [4.78, 5) is 34.3. The lowest BCUT2D eigenvalue weighted by molar-refractivity contribution is -0.137. The van der Waals surface area contributed by atoms with Crippen molar-refractivity contribution in [2.24, 2.45) is 0 Å². The molecule has 1 aliphatic heterocycles. The summed E-state index contributed by atoms with van der Waals surface area (Å²) in [5.41, 5.74) is 2.04. The smallest absolute Gasteiger partial charge is 0.322 e. The molecule has 3 heterocycles. The van der Waals surface area contributed by atoms with E-state index in [1.807, 2.05) is 31.2 Å². The molecule has 3 aromatic carbocycles. The first-order chi connectivity index (χ1) is 23.4. The highest BCUT2D eigenvalue weighted by atomic mass is 32.2. The average Bonchev–Trinajstić information content (AvgIpc) is 3.74. The largest absolute Gasteiger partial charge is 0.481 e. The van der Waals surface area contributed by atoms with Crippen molar-refractivity contribution < 1.29 is 41.7 Å². The second kappa shape index (κ2) is 13.5. The number of carboxylic acids is 2. The molecule has 4 bridgehead atoms. The van der Waals surface area contributed by atoms with Crippen molar-refractivity contribution >= 4 is 32.7 Å². The van der Waals surface area contributed by atoms with Gasteiger partial charge in [0.25, 0.3) is 0 Å². The maximum atomic E-state index is 15.7. The number of sulfone groups is 1. The molecule has 13 heteroatoms. The molecule has 256 valence electrons. The van der Waals surface area contributed by atoms with E-state index in [0.29, 0.717) is 42.3 Å². The summed E-state index contributed by atoms with van der Waals surface area (Å²) in [6.07, 6.45) is 4.59. The van der Waals surface area contributed by atoms with Crippen LogP contribution in [0.3, 0.4) is 0 Å². The number of carbonyl (C=O) groups is 2. The highest BCUT2D eigenvalue weighted by Gasteiger charge is 2.36. The van der Waals surface area contributed by atoms with E-state index in [0.717, 1.165) is 17.2 Å². The number of nitrogens with one attached hydrogen (secondary N) is 2. The number of benzene rings is 3. The van der Waals surface area contributed by atoms with Crippen LogP contribution in [0.5, 0.6) is 11.5 Å². The lowest BCUT2D eigenvalue weighted by Gasteiger charge is -2.30. The van der Waals surface area contributed by atoms with E-state index in [9.17, 15) is 28.2 Å². The summed E-state index contributed by atoms with van der Waals surface area (Å²) >= 11 is 0. The molecule has 2 atom stereocenters. The molecular weight excluding hydrogens is 656 g/mol. The zero-order chi connectivity index (χ0) is 34.9. The first kappa shape index (κ1) is 33.8. The van der Waals surface area contributed by atoms with Crippen molar-refractivity contribution in [3.8, 4) is 22.9 Å². The predicted octanol–water partition coefficient (Wildman–Crippen LogP) is 6.94. The van der Waals surface area contributed by atoms with E-state index >= 15 is 8.78 Å². The van der Waals surface area contributed by atoms with Crippen LogP contribution in [0, 0.1) is 11.6 Å². The number of rotatable bonds is 5. The molecule has 0 radical (unpaired) electrons. The van der Waals surface area contributed by atoms with E-state index in [4.69, 9.17) is 4.74 Å². The topological polar surface area (TPSA) is 162 Å². The van der Waals surface area contributed by atoms with Gasteiger partial charge in [0.2, 0.25) is 0 Å². The third kappa shape index (κ3) is 6.93. The van der Waals surface area contributed by atoms with Crippen molar-refractivity contribution in [2.45, 2.75) is 62.5 Å². The maximum Gasteiger partial charge on any atom is 0.322 e. The van der Waals surface area contributed by atoms with Gasteiger partial charge in [-0.05, 0) is 61.6 Å². The van der Waals surface area contributed by atoms with Crippen molar-refractivity contribution in [1.82, 2.24) is 15.0 Å². The Labute approximate surface area is 281 Å². The summed E-state index contributed by atoms with van der Waals surface area (Å²) in [5, 5.41) is 17.9. The summed E-state index contributed by atoms with van der Waals surface area (Å²) < 4.78 is 64.1. The average molecular weight is 692 g/mol. The molecule has 6 rings (SSSR count). The number of fused-ring (bicyclic) bond motifs is 8. The number of hydrogen-bond acceptors (Lipinski definition) is 6. The molecular formula is C36H35F2N3O7S. The number of aromatic nitrogens is 3. The zero-order valence-electron chi connectivity index (χ0n) is 26.6. The molecule has 10 nitrogen and oxygen atoms in total. The van der Waals surface area contributed by atoms with Gasteiger partial charge in [0.05, 0.1) is 11.3 Å². The minimum atomic E-state index is -4.20. The number of ether oxygens (including phenoxy) is 1. The highest BCUT2D eigenvalue weighted by Crippen LogP contribution is 2.40. The first-order valence-corrected chi connectivity index (χ1v) is 17.6. The second-order valence-electron chi connectivity index (χ2n) is 12.6. The number of carboxylic acid groups (broad SMARTS) is 2. The predicted molar refractivity (Wildman–Crippen MR) is 179 cm³/mol. The summed E-state index contributed by atoms with van der Waals surface area (Å²) in [6, 6.07) is 14.1. The van der Waals surface area contributed by atoms with Gasteiger partial charge in [-0.1, -0.05) is 37.1 Å². The Kier molecular flexibility index (Phi) is 9.30. The molecule has 0 saturated heterocycles. The van der Waals surface area contributed by atoms with Crippen LogP contribution in [-0.2, 0) is 37.7 Å². The molecule has 0 amide bonds. The van der Waals surface area contributed by atoms with Crippen LogP contribution in [-0.4, -0.2) is 56.5 Å². The van der Waals surface area contributed by atoms with Crippen LogP contribution in [0.4, 0.5) is 8.78 Å². The Morgan fingerprint density at radius 1 is 1.04 bits per heavy atom. The van der Waals surface area contributed by atoms with E-state index in [-0.39, 0.29) is 47.0 Å². The fraction of sp³-hybridized carbons (Fsp3) is 0.306. The third-order valence-corrected chi connectivity index (χ3v) is 11.4. The Bertz CT molecular complexity index is 2160. The van der Waals surface area contributed by atoms with E-state index in [1.165, 1.54) is 24.4 Å². The van der Waals surface area contributed by atoms with Crippen LogP contribution in [0.25, 0.3) is 22.3 Å². The lowest BCUT2D eigenvalue weighted by atomic mass is 9.75. The molecule has 49 heavy (non-hydrogen) atoms. The summed E-state index contributed by atoms with van der Waals surface area (Å²) in [6.45, 7) is 1.98. The number of hydrogen-bond donors (Lipinski definition) is 4. The van der Waals surface area contributed by atoms with Gasteiger partial charge in [-0.3, -0.25) is 9.59 Å². The van der Waals surface area contributed by atoms with Crippen molar-refractivity contribution in [2.75, 3.05) is 5.75 Å². The van der Waals surface area contributed by atoms with Crippen molar-refractivity contribution in [3.05, 3.63) is 101 Å². The third-order valence-electron chi connectivity index (χ3n) is 9.35. The molecule has 4 N–H and O–H groups in total. The monoisotopic (exact) mass is 691 g/mol. The van der Waals surface area contributed by atoms with Gasteiger partial charge in [0.15, 0.2) is 26.7 Å². The number of H-pyrrole nitrogens is 2. The standard InChI is InChI=1S/C36H35F2N3O7S/c1-36(22-7-5-6-21(16-22)8-11-32(42)43)13-3-2-4-15-49(46,47)30(35(44)45)18-25-24-12-14-39-29(24)19-28(38)33(25)48-23-9-10-27(37)26(17-23)34-40-20-31(36)41-34/h5-7,9-10,12,14,16-17,19-20,30,39H,2-4,8,11,13,15,18H2,1H3,(H,40,41)(H,42,43)(H,44,45). The number of aryl methyl sites for hydroxylation is 1. The zero-order valence-corrected chi connectivity index (χ0v) is 27.4. The number of aromatic amines is 2. The van der Waals surface area contributed by atoms with E-state index < -0.39 is 50.5 Å². The fourth-order valence-electron chi connectivity index (χ4n) is 6.55. The Hall–Kier alpha value is -5.04. The maximum absolute atomic E-state index is 15.7. The number of imidazole rings is 1. The molecule has 2 aromatic heterocycles. The number of aliphatic carboxylic acids is 2. The van der Waals surface area contributed by atoms with E-state index in [2.05, 4.69) is 15.0 Å². The minimum Gasteiger partial charge on any atom is -0.481 e. The van der Waals surface area contributed by atoms with Crippen LogP contribution in [0.15, 0.2) is 67.0 Å². The molecule has 0 spiro atoms. The molecule has 2 unspecified atom stereocenters. The molecule has 0 saturated carbocycles. The van der Waals surface area contributed by atoms with Crippen molar-refractivity contribution in [1.29, 1.82) is 0 Å². The fourth-order valence-corrected chi connectivity index (χ4v) is 8.17. The van der Waals surface area contributed by atoms with Crippen LogP contribution in [0.2, 0.25) is 0 Å². The summed E-state index contributed by atoms with van der Waals surface area (Å²) in [5.74, 6) is -4.47. The van der Waals surface area contributed by atoms with Gasteiger partial charge in [0, 0.05) is 58.9 Å². The number of halogens is 2. The van der Waals surface area contributed by atoms with Crippen LogP contribution in [0.1, 0.15) is 61.4 Å². The Morgan fingerprint density at radius 2 is 1.86 bits per heavy atom. The van der Waals surface area contributed by atoms with Crippen LogP contribution < -0.4 is 4.74 Å². The second-order valence-corrected chi connectivity index (χ2v) is 14.9. The minimum absolute atomic E-state index is 0.0223. The summed E-state index contributed by atoms with van der Waals surface area (Å²) in [7, 11) is -4.20. The van der Waals surface area contributed by atoms with Crippen LogP contribution >= 0.6 is 0 Å². The Morgan fingerprint density at radius 3 is 2.63 bits per heavy atom. The molecule has 0 fully saturated rings. The van der Waals surface area contributed by atoms with Gasteiger partial charge in [-0.25, -0.2) is 22.2 Å². The van der Waals surface area contributed by atoms with Crippen molar-refractivity contribution in [3.63, 3.8) is 0 Å². The first-order valence-electron chi connectivity index (χ1n) is 15.9.